The number of ether oxygens (including phenoxy) is 2. The maximum absolute atomic E-state index is 5.87. The summed E-state index contributed by atoms with van der Waals surface area (Å²) in [6.45, 7) is 2.83. The zero-order valence-corrected chi connectivity index (χ0v) is 11.6. The van der Waals surface area contributed by atoms with Crippen molar-refractivity contribution in [1.29, 1.82) is 0 Å². The van der Waals surface area contributed by atoms with E-state index in [2.05, 4.69) is 14.1 Å². The predicted octanol–water partition coefficient (Wildman–Crippen LogP) is 1.53. The highest BCUT2D eigenvalue weighted by Crippen LogP contribution is 2.26. The van der Waals surface area contributed by atoms with E-state index < -0.39 is 0 Å². The molecule has 1 aromatic carbocycles. The topological polar surface area (TPSA) is 22.9 Å². The number of rotatable bonds is 7. The van der Waals surface area contributed by atoms with Gasteiger partial charge in [-0.3, -0.25) is 0 Å². The van der Waals surface area contributed by atoms with Crippen LogP contribution in [0.15, 0.2) is 18.2 Å². The minimum atomic E-state index is 0.501. The second-order valence-corrected chi connectivity index (χ2v) is 4.81. The maximum Gasteiger partial charge on any atom is 0.121 e. The molecule has 0 saturated carbocycles. The van der Waals surface area contributed by atoms with Crippen LogP contribution < -0.4 is 9.64 Å². The Bertz CT molecular complexity index is 345. The van der Waals surface area contributed by atoms with Gasteiger partial charge in [-0.2, -0.15) is 0 Å². The van der Waals surface area contributed by atoms with Crippen LogP contribution in [0.1, 0.15) is 0 Å². The van der Waals surface area contributed by atoms with Crippen LogP contribution in [0.3, 0.4) is 0 Å². The normalized spacial score (nSPS) is 10.9. The van der Waals surface area contributed by atoms with Crippen molar-refractivity contribution in [2.24, 2.45) is 0 Å². The lowest BCUT2D eigenvalue weighted by atomic mass is 10.3. The Labute approximate surface area is 112 Å². The van der Waals surface area contributed by atoms with E-state index in [-0.39, 0.29) is 0 Å². The molecule has 0 amide bonds. The van der Waals surface area contributed by atoms with Crippen molar-refractivity contribution in [2.75, 3.05) is 40.5 Å². The van der Waals surface area contributed by atoms with Gasteiger partial charge in [0.15, 0.2) is 0 Å². The molecule has 0 spiro atoms. The van der Waals surface area contributed by atoms with Crippen molar-refractivity contribution < 1.29 is 14.4 Å². The van der Waals surface area contributed by atoms with E-state index in [1.54, 1.807) is 18.2 Å². The molecular formula is C12H18Cl2NO2+. The molecule has 0 aliphatic carbocycles. The van der Waals surface area contributed by atoms with E-state index in [1.807, 2.05) is 0 Å². The van der Waals surface area contributed by atoms with E-state index in [9.17, 15) is 0 Å². The molecule has 0 heterocycles. The number of halogens is 2. The summed E-state index contributed by atoms with van der Waals surface area (Å²) in [5, 5.41) is 1.03. The first-order valence-corrected chi connectivity index (χ1v) is 6.30. The summed E-state index contributed by atoms with van der Waals surface area (Å²) < 4.78 is 10.9. The summed E-state index contributed by atoms with van der Waals surface area (Å²) in [7, 11) is 4.19. The van der Waals surface area contributed by atoms with Gasteiger partial charge in [-0.25, -0.2) is 0 Å². The molecule has 0 bridgehead atoms. The lowest BCUT2D eigenvalue weighted by molar-refractivity contribution is -0.858. The van der Waals surface area contributed by atoms with Crippen LogP contribution in [0.25, 0.3) is 0 Å². The smallest absolute Gasteiger partial charge is 0.121 e. The first kappa shape index (κ1) is 14.6. The molecule has 0 aromatic heterocycles. The van der Waals surface area contributed by atoms with Gasteiger partial charge in [-0.15, -0.1) is 0 Å². The highest BCUT2D eigenvalue weighted by atomic mass is 35.5. The lowest BCUT2D eigenvalue weighted by Crippen LogP contribution is -3.06. The SMILES string of the molecule is C[NH+](C)CCOCCOc1ccc(Cl)c(Cl)c1. The lowest BCUT2D eigenvalue weighted by Gasteiger charge is -2.09. The van der Waals surface area contributed by atoms with Crippen LogP contribution in [0.5, 0.6) is 5.75 Å². The van der Waals surface area contributed by atoms with Gasteiger partial charge in [0.2, 0.25) is 0 Å². The van der Waals surface area contributed by atoms with Crippen molar-refractivity contribution in [3.05, 3.63) is 28.2 Å². The molecule has 0 fully saturated rings. The largest absolute Gasteiger partial charge is 0.491 e. The zero-order chi connectivity index (χ0) is 12.7. The van der Waals surface area contributed by atoms with Gasteiger partial charge in [0.25, 0.3) is 0 Å². The second kappa shape index (κ2) is 7.77. The number of likely N-dealkylation sites (N-methyl/N-ethyl adjacent to an activating group) is 1. The minimum absolute atomic E-state index is 0.501. The van der Waals surface area contributed by atoms with Crippen LogP contribution >= 0.6 is 23.2 Å². The first-order chi connectivity index (χ1) is 8.09. The number of nitrogens with one attached hydrogen (secondary N) is 1. The van der Waals surface area contributed by atoms with Crippen LogP contribution in [0.2, 0.25) is 10.0 Å². The third-order valence-electron chi connectivity index (χ3n) is 2.13. The Balaban J connectivity index is 2.16. The highest BCUT2D eigenvalue weighted by molar-refractivity contribution is 6.42. The fraction of sp³-hybridized carbons (Fsp3) is 0.500. The second-order valence-electron chi connectivity index (χ2n) is 3.99. The van der Waals surface area contributed by atoms with Gasteiger partial charge in [0, 0.05) is 6.07 Å². The Morgan fingerprint density at radius 2 is 1.82 bits per heavy atom. The molecular weight excluding hydrogens is 261 g/mol. The van der Waals surface area contributed by atoms with Gasteiger partial charge >= 0.3 is 0 Å². The van der Waals surface area contributed by atoms with Gasteiger partial charge in [0.05, 0.1) is 37.4 Å². The highest BCUT2D eigenvalue weighted by Gasteiger charge is 2.00. The van der Waals surface area contributed by atoms with E-state index >= 15 is 0 Å². The Morgan fingerprint density at radius 1 is 1.06 bits per heavy atom. The molecule has 0 aliphatic rings. The molecule has 1 N–H and O–H groups in total. The summed E-state index contributed by atoms with van der Waals surface area (Å²) in [6, 6.07) is 5.21. The molecule has 96 valence electrons. The predicted molar refractivity (Wildman–Crippen MR) is 70.5 cm³/mol. The summed E-state index contributed by atoms with van der Waals surface area (Å²) in [6.07, 6.45) is 0. The molecule has 0 unspecified atom stereocenters. The van der Waals surface area contributed by atoms with Gasteiger partial charge < -0.3 is 14.4 Å². The van der Waals surface area contributed by atoms with Gasteiger partial charge in [-0.1, -0.05) is 23.2 Å². The van der Waals surface area contributed by atoms with Crippen molar-refractivity contribution in [2.45, 2.75) is 0 Å². The number of quaternary nitrogens is 1. The average Bonchev–Trinajstić information content (AvgIpc) is 2.27. The summed E-state index contributed by atoms with van der Waals surface area (Å²) in [5.41, 5.74) is 0. The van der Waals surface area contributed by atoms with Crippen LogP contribution in [-0.4, -0.2) is 40.5 Å². The molecule has 0 saturated heterocycles. The van der Waals surface area contributed by atoms with E-state index in [0.717, 1.165) is 13.2 Å². The fourth-order valence-electron chi connectivity index (χ4n) is 1.16. The fourth-order valence-corrected chi connectivity index (χ4v) is 1.45. The van der Waals surface area contributed by atoms with Crippen LogP contribution in [0, 0.1) is 0 Å². The number of hydrogen-bond acceptors (Lipinski definition) is 2. The van der Waals surface area contributed by atoms with E-state index in [4.69, 9.17) is 32.7 Å². The number of hydrogen-bond donors (Lipinski definition) is 1. The zero-order valence-electron chi connectivity index (χ0n) is 10.1. The van der Waals surface area contributed by atoms with Crippen LogP contribution in [-0.2, 0) is 4.74 Å². The molecule has 0 radical (unpaired) electrons. The Morgan fingerprint density at radius 3 is 2.47 bits per heavy atom. The monoisotopic (exact) mass is 278 g/mol. The average molecular weight is 279 g/mol. The summed E-state index contributed by atoms with van der Waals surface area (Å²) >= 11 is 11.7. The summed E-state index contributed by atoms with van der Waals surface area (Å²) in [5.74, 6) is 0.709. The molecule has 5 heteroatoms. The first-order valence-electron chi connectivity index (χ1n) is 5.54. The van der Waals surface area contributed by atoms with Crippen LogP contribution in [0.4, 0.5) is 0 Å². The molecule has 0 aliphatic heterocycles. The molecule has 3 nitrogen and oxygen atoms in total. The quantitative estimate of drug-likeness (QED) is 0.765. The molecule has 17 heavy (non-hydrogen) atoms. The number of benzene rings is 1. The van der Waals surface area contributed by atoms with Gasteiger partial charge in [0.1, 0.15) is 18.9 Å². The Kier molecular flexibility index (Phi) is 6.66. The third kappa shape index (κ3) is 6.13. The van der Waals surface area contributed by atoms with Crippen molar-refractivity contribution in [1.82, 2.24) is 0 Å². The maximum atomic E-state index is 5.87. The molecule has 0 atom stereocenters. The van der Waals surface area contributed by atoms with Crippen molar-refractivity contribution >= 4 is 23.2 Å². The van der Waals surface area contributed by atoms with E-state index in [0.29, 0.717) is 29.0 Å². The van der Waals surface area contributed by atoms with Crippen molar-refractivity contribution in [3.8, 4) is 5.75 Å². The van der Waals surface area contributed by atoms with Gasteiger partial charge in [-0.05, 0) is 12.1 Å². The summed E-state index contributed by atoms with van der Waals surface area (Å²) in [4.78, 5) is 1.37. The van der Waals surface area contributed by atoms with E-state index in [1.165, 1.54) is 4.90 Å². The Hall–Kier alpha value is -0.480. The standard InChI is InChI=1S/C12H17Cl2NO2/c1-15(2)5-6-16-7-8-17-10-3-4-11(13)12(14)9-10/h3-4,9H,5-8H2,1-2H3/p+1. The minimum Gasteiger partial charge on any atom is -0.491 e. The molecule has 1 aromatic rings. The van der Waals surface area contributed by atoms with Crippen molar-refractivity contribution in [3.63, 3.8) is 0 Å². The third-order valence-corrected chi connectivity index (χ3v) is 2.87. The molecule has 1 rings (SSSR count).